The van der Waals surface area contributed by atoms with E-state index in [-0.39, 0.29) is 6.42 Å². The number of aliphatic hydroxyl groups excluding tert-OH is 2. The first-order valence-electron chi connectivity index (χ1n) is 8.12. The van der Waals surface area contributed by atoms with E-state index < -0.39 is 18.2 Å². The van der Waals surface area contributed by atoms with Crippen molar-refractivity contribution in [1.29, 1.82) is 0 Å². The molecule has 0 aliphatic rings. The van der Waals surface area contributed by atoms with Gasteiger partial charge in [0.05, 0.1) is 12.2 Å². The van der Waals surface area contributed by atoms with E-state index in [1.54, 1.807) is 6.08 Å². The van der Waals surface area contributed by atoms with Crippen LogP contribution in [0, 0.1) is 0 Å². The molecule has 4 nitrogen and oxygen atoms in total. The summed E-state index contributed by atoms with van der Waals surface area (Å²) in [6.07, 6.45) is 15.6. The van der Waals surface area contributed by atoms with Crippen LogP contribution in [-0.2, 0) is 4.79 Å². The van der Waals surface area contributed by atoms with Crippen molar-refractivity contribution in [1.82, 2.24) is 0 Å². The number of hydrogen-bond acceptors (Lipinski definition) is 3. The Morgan fingerprint density at radius 1 is 0.955 bits per heavy atom. The Balaban J connectivity index is 3.71. The lowest BCUT2D eigenvalue weighted by atomic mass is 10.0. The predicted octanol–water partition coefficient (Wildman–Crippen LogP) is 3.60. The summed E-state index contributed by atoms with van der Waals surface area (Å²) in [5.74, 6) is -0.790. The topological polar surface area (TPSA) is 77.8 Å². The van der Waals surface area contributed by atoms with Crippen LogP contribution < -0.4 is 0 Å². The zero-order valence-corrected chi connectivity index (χ0v) is 13.5. The van der Waals surface area contributed by atoms with Gasteiger partial charge in [-0.2, -0.15) is 0 Å². The van der Waals surface area contributed by atoms with Crippen molar-refractivity contribution in [3.05, 3.63) is 36.5 Å². The van der Waals surface area contributed by atoms with Gasteiger partial charge in [-0.15, -0.1) is 0 Å². The summed E-state index contributed by atoms with van der Waals surface area (Å²) in [4.78, 5) is 10.3. The summed E-state index contributed by atoms with van der Waals surface area (Å²) in [6, 6.07) is 0. The van der Waals surface area contributed by atoms with Crippen molar-refractivity contribution < 1.29 is 20.1 Å². The van der Waals surface area contributed by atoms with E-state index in [0.717, 1.165) is 32.1 Å². The molecule has 0 saturated heterocycles. The summed E-state index contributed by atoms with van der Waals surface area (Å²) < 4.78 is 0. The number of aliphatic carboxylic acids is 1. The van der Waals surface area contributed by atoms with Gasteiger partial charge in [-0.25, -0.2) is 0 Å². The molecule has 0 aromatic heterocycles. The third kappa shape index (κ3) is 13.6. The lowest BCUT2D eigenvalue weighted by molar-refractivity contribution is -0.137. The number of carboxylic acids is 1. The molecule has 0 saturated carbocycles. The van der Waals surface area contributed by atoms with E-state index in [0.29, 0.717) is 12.8 Å². The highest BCUT2D eigenvalue weighted by Gasteiger charge is 2.12. The molecule has 0 radical (unpaired) electrons. The average molecular weight is 310 g/mol. The summed E-state index contributed by atoms with van der Waals surface area (Å²) in [5, 5.41) is 28.1. The van der Waals surface area contributed by atoms with Crippen LogP contribution in [-0.4, -0.2) is 33.5 Å². The van der Waals surface area contributed by atoms with Gasteiger partial charge in [0, 0.05) is 6.42 Å². The van der Waals surface area contributed by atoms with Crippen LogP contribution in [0.5, 0.6) is 0 Å². The maximum Gasteiger partial charge on any atom is 0.303 e. The number of unbranched alkanes of at least 4 members (excludes halogenated alkanes) is 2. The molecule has 2 atom stereocenters. The fraction of sp³-hybridized carbons (Fsp3) is 0.611. The van der Waals surface area contributed by atoms with Crippen LogP contribution in [0.2, 0.25) is 0 Å². The van der Waals surface area contributed by atoms with Gasteiger partial charge in [0.25, 0.3) is 0 Å². The van der Waals surface area contributed by atoms with Gasteiger partial charge in [0.15, 0.2) is 0 Å². The Kier molecular flexibility index (Phi) is 13.6. The van der Waals surface area contributed by atoms with Crippen molar-refractivity contribution in [2.45, 2.75) is 70.5 Å². The van der Waals surface area contributed by atoms with E-state index in [4.69, 9.17) is 5.11 Å². The Morgan fingerprint density at radius 2 is 1.59 bits per heavy atom. The molecule has 0 aliphatic heterocycles. The molecular weight excluding hydrogens is 280 g/mol. The van der Waals surface area contributed by atoms with Crippen molar-refractivity contribution in [2.24, 2.45) is 0 Å². The molecule has 3 N–H and O–H groups in total. The number of rotatable bonds is 13. The molecule has 0 aromatic rings. The molecule has 0 aliphatic carbocycles. The lowest BCUT2D eigenvalue weighted by Gasteiger charge is -2.14. The van der Waals surface area contributed by atoms with E-state index in [1.807, 2.05) is 12.2 Å². The summed E-state index contributed by atoms with van der Waals surface area (Å²) in [5.41, 5.74) is 0. The van der Waals surface area contributed by atoms with Gasteiger partial charge >= 0.3 is 5.97 Å². The second kappa shape index (κ2) is 14.5. The standard InChI is InChI=1S/C18H30O4/c1-2-3-4-5-6-7-8-10-13-16(19)17(20)14-11-9-12-15-18(21)22/h3-4,6-7,10,13,16-17,19-20H,2,5,8-9,11-12,14-15H2,1H3,(H,21,22)/b4-3-,7-6-,13-10-. The Hall–Kier alpha value is -1.39. The number of allylic oxidation sites excluding steroid dienone is 5. The van der Waals surface area contributed by atoms with Crippen LogP contribution in [0.3, 0.4) is 0 Å². The van der Waals surface area contributed by atoms with Crippen molar-refractivity contribution in [3.63, 3.8) is 0 Å². The van der Waals surface area contributed by atoms with Gasteiger partial charge in [0.1, 0.15) is 0 Å². The van der Waals surface area contributed by atoms with Gasteiger partial charge in [-0.1, -0.05) is 56.2 Å². The molecule has 0 spiro atoms. The Morgan fingerprint density at radius 3 is 2.23 bits per heavy atom. The molecule has 0 fully saturated rings. The highest BCUT2D eigenvalue weighted by Crippen LogP contribution is 2.09. The minimum Gasteiger partial charge on any atom is -0.481 e. The zero-order chi connectivity index (χ0) is 16.6. The van der Waals surface area contributed by atoms with E-state index >= 15 is 0 Å². The quantitative estimate of drug-likeness (QED) is 0.359. The molecule has 0 aromatic carbocycles. The van der Waals surface area contributed by atoms with Crippen LogP contribution in [0.25, 0.3) is 0 Å². The SMILES string of the molecule is CC/C=C\C/C=C\C/C=C\C(O)C(O)CCCCCC(=O)O. The number of carboxylic acid groups (broad SMARTS) is 1. The zero-order valence-electron chi connectivity index (χ0n) is 13.5. The van der Waals surface area contributed by atoms with Gasteiger partial charge in [-0.3, -0.25) is 4.79 Å². The molecule has 22 heavy (non-hydrogen) atoms. The second-order valence-electron chi connectivity index (χ2n) is 5.30. The molecule has 0 bridgehead atoms. The third-order valence-electron chi connectivity index (χ3n) is 3.23. The average Bonchev–Trinajstić information content (AvgIpc) is 2.48. The van der Waals surface area contributed by atoms with Crippen LogP contribution >= 0.6 is 0 Å². The first-order chi connectivity index (χ1) is 10.6. The second-order valence-corrected chi connectivity index (χ2v) is 5.30. The van der Waals surface area contributed by atoms with Crippen molar-refractivity contribution in [2.75, 3.05) is 0 Å². The third-order valence-corrected chi connectivity index (χ3v) is 3.23. The molecule has 4 heteroatoms. The molecule has 2 unspecified atom stereocenters. The van der Waals surface area contributed by atoms with Gasteiger partial charge in [-0.05, 0) is 32.1 Å². The summed E-state index contributed by atoms with van der Waals surface area (Å²) in [6.45, 7) is 2.10. The van der Waals surface area contributed by atoms with Crippen LogP contribution in [0.4, 0.5) is 0 Å². The number of aliphatic hydroxyl groups is 2. The minimum absolute atomic E-state index is 0.165. The predicted molar refractivity (Wildman–Crippen MR) is 89.7 cm³/mol. The molecular formula is C18H30O4. The minimum atomic E-state index is -0.854. The largest absolute Gasteiger partial charge is 0.481 e. The molecule has 0 amide bonds. The first kappa shape index (κ1) is 20.6. The normalized spacial score (nSPS) is 15.0. The summed E-state index contributed by atoms with van der Waals surface area (Å²) >= 11 is 0. The van der Waals surface area contributed by atoms with E-state index in [2.05, 4.69) is 25.2 Å². The van der Waals surface area contributed by atoms with Crippen molar-refractivity contribution >= 4 is 5.97 Å². The Bertz CT molecular complexity index is 358. The first-order valence-corrected chi connectivity index (χ1v) is 8.12. The monoisotopic (exact) mass is 310 g/mol. The van der Waals surface area contributed by atoms with Crippen LogP contribution in [0.15, 0.2) is 36.5 Å². The fourth-order valence-electron chi connectivity index (χ4n) is 1.94. The van der Waals surface area contributed by atoms with E-state index in [9.17, 15) is 15.0 Å². The van der Waals surface area contributed by atoms with Crippen LogP contribution in [0.1, 0.15) is 58.3 Å². The number of hydrogen-bond donors (Lipinski definition) is 3. The maximum atomic E-state index is 10.3. The number of carbonyl (C=O) groups is 1. The van der Waals surface area contributed by atoms with Gasteiger partial charge < -0.3 is 15.3 Å². The smallest absolute Gasteiger partial charge is 0.303 e. The highest BCUT2D eigenvalue weighted by atomic mass is 16.4. The fourth-order valence-corrected chi connectivity index (χ4v) is 1.94. The Labute approximate surface area is 133 Å². The highest BCUT2D eigenvalue weighted by molar-refractivity contribution is 5.66. The molecule has 126 valence electrons. The van der Waals surface area contributed by atoms with E-state index in [1.165, 1.54) is 0 Å². The maximum absolute atomic E-state index is 10.3. The van der Waals surface area contributed by atoms with Gasteiger partial charge in [0.2, 0.25) is 0 Å². The van der Waals surface area contributed by atoms with Crippen molar-refractivity contribution in [3.8, 4) is 0 Å². The molecule has 0 rings (SSSR count). The summed E-state index contributed by atoms with van der Waals surface area (Å²) in [7, 11) is 0. The molecule has 0 heterocycles. The lowest BCUT2D eigenvalue weighted by Crippen LogP contribution is -2.23.